The lowest BCUT2D eigenvalue weighted by Gasteiger charge is -2.61. The van der Waals surface area contributed by atoms with Gasteiger partial charge in [-0.25, -0.2) is 0 Å². The highest BCUT2D eigenvalue weighted by atomic mass is 15.3. The molecule has 3 saturated heterocycles. The first-order valence-corrected chi connectivity index (χ1v) is 10.3. The molecule has 140 valence electrons. The van der Waals surface area contributed by atoms with Gasteiger partial charge in [-0.05, 0) is 51.0 Å². The average molecular weight is 344 g/mol. The van der Waals surface area contributed by atoms with Crippen molar-refractivity contribution in [1.29, 1.82) is 0 Å². The zero-order valence-electron chi connectivity index (χ0n) is 16.6. The van der Waals surface area contributed by atoms with Crippen LogP contribution >= 0.6 is 0 Å². The quantitative estimate of drug-likeness (QED) is 0.819. The zero-order chi connectivity index (χ0) is 17.7. The highest BCUT2D eigenvalue weighted by molar-refractivity contribution is 5.50. The third kappa shape index (κ3) is 4.77. The Kier molecular flexibility index (Phi) is 6.40. The fourth-order valence-electron chi connectivity index (χ4n) is 4.43. The van der Waals surface area contributed by atoms with Gasteiger partial charge in [0.2, 0.25) is 0 Å². The number of likely N-dealkylation sites (tertiary alicyclic amines) is 2. The number of hydrogen-bond donors (Lipinski definition) is 0. The van der Waals surface area contributed by atoms with Gasteiger partial charge in [0.25, 0.3) is 0 Å². The Bertz CT molecular complexity index is 491. The van der Waals surface area contributed by atoms with Crippen LogP contribution in [0.2, 0.25) is 0 Å². The highest BCUT2D eigenvalue weighted by Gasteiger charge is 2.51. The number of anilines is 1. The predicted molar refractivity (Wildman–Crippen MR) is 108 cm³/mol. The van der Waals surface area contributed by atoms with Crippen LogP contribution in [-0.2, 0) is 0 Å². The minimum atomic E-state index is 0.626. The summed E-state index contributed by atoms with van der Waals surface area (Å²) < 4.78 is 0. The third-order valence-electron chi connectivity index (χ3n) is 6.15. The molecule has 1 aromatic rings. The number of benzene rings is 1. The monoisotopic (exact) mass is 343 g/mol. The van der Waals surface area contributed by atoms with Gasteiger partial charge in [0.05, 0.1) is 0 Å². The molecule has 25 heavy (non-hydrogen) atoms. The molecule has 4 rings (SSSR count). The second-order valence-corrected chi connectivity index (χ2v) is 8.61. The molecule has 3 heterocycles. The second-order valence-electron chi connectivity index (χ2n) is 8.61. The van der Waals surface area contributed by atoms with E-state index < -0.39 is 0 Å². The van der Waals surface area contributed by atoms with Crippen LogP contribution in [0.25, 0.3) is 0 Å². The van der Waals surface area contributed by atoms with E-state index >= 15 is 0 Å². The van der Waals surface area contributed by atoms with Crippen LogP contribution in [0.5, 0.6) is 0 Å². The zero-order valence-corrected chi connectivity index (χ0v) is 16.6. The Labute approximate surface area is 155 Å². The van der Waals surface area contributed by atoms with Crippen LogP contribution in [0.4, 0.5) is 5.69 Å². The molecule has 0 saturated carbocycles. The molecule has 3 fully saturated rings. The van der Waals surface area contributed by atoms with Crippen LogP contribution in [0.1, 0.15) is 39.5 Å². The normalized spacial score (nSPS) is 23.6. The van der Waals surface area contributed by atoms with Crippen molar-refractivity contribution in [1.82, 2.24) is 9.80 Å². The second kappa shape index (κ2) is 8.55. The van der Waals surface area contributed by atoms with Crippen LogP contribution < -0.4 is 4.90 Å². The van der Waals surface area contributed by atoms with Crippen molar-refractivity contribution in [3.05, 3.63) is 30.3 Å². The van der Waals surface area contributed by atoms with Crippen molar-refractivity contribution in [3.8, 4) is 0 Å². The lowest BCUT2D eigenvalue weighted by molar-refractivity contribution is -0.0350. The molecule has 0 bridgehead atoms. The molecule has 0 aliphatic carbocycles. The lowest BCUT2D eigenvalue weighted by atomic mass is 9.72. The molecule has 0 N–H and O–H groups in total. The molecule has 1 aromatic carbocycles. The summed E-state index contributed by atoms with van der Waals surface area (Å²) in [7, 11) is 2.25. The fraction of sp³-hybridized carbons (Fsp3) is 0.727. The molecule has 3 aliphatic heterocycles. The van der Waals surface area contributed by atoms with E-state index in [2.05, 4.69) is 65.9 Å². The number of piperidine rings is 1. The Morgan fingerprint density at radius 1 is 0.920 bits per heavy atom. The van der Waals surface area contributed by atoms with Gasteiger partial charge in [-0.15, -0.1) is 0 Å². The Morgan fingerprint density at radius 3 is 2.08 bits per heavy atom. The maximum Gasteiger partial charge on any atom is 0.0366 e. The van der Waals surface area contributed by atoms with Crippen molar-refractivity contribution >= 4 is 5.69 Å². The van der Waals surface area contributed by atoms with E-state index in [1.165, 1.54) is 77.2 Å². The van der Waals surface area contributed by atoms with Crippen LogP contribution in [0.3, 0.4) is 0 Å². The van der Waals surface area contributed by atoms with E-state index in [1.54, 1.807) is 0 Å². The average Bonchev–Trinajstić information content (AvgIpc) is 2.58. The Morgan fingerprint density at radius 2 is 1.52 bits per heavy atom. The number of para-hydroxylation sites is 1. The van der Waals surface area contributed by atoms with Gasteiger partial charge in [0.15, 0.2) is 0 Å². The van der Waals surface area contributed by atoms with E-state index in [1.807, 2.05) is 0 Å². The summed E-state index contributed by atoms with van der Waals surface area (Å²) in [6.45, 7) is 13.5. The smallest absolute Gasteiger partial charge is 0.0366 e. The molecule has 0 atom stereocenters. The molecule has 0 radical (unpaired) electrons. The van der Waals surface area contributed by atoms with Gasteiger partial charge in [-0.3, -0.25) is 0 Å². The molecule has 3 heteroatoms. The van der Waals surface area contributed by atoms with E-state index in [-0.39, 0.29) is 0 Å². The fourth-order valence-corrected chi connectivity index (χ4v) is 4.43. The molecular weight excluding hydrogens is 306 g/mol. The van der Waals surface area contributed by atoms with Crippen LogP contribution in [-0.4, -0.2) is 62.7 Å². The highest BCUT2D eigenvalue weighted by Crippen LogP contribution is 2.42. The van der Waals surface area contributed by atoms with Crippen molar-refractivity contribution in [3.63, 3.8) is 0 Å². The summed E-state index contributed by atoms with van der Waals surface area (Å²) in [4.78, 5) is 7.71. The minimum absolute atomic E-state index is 0.626. The largest absolute Gasteiger partial charge is 0.370 e. The minimum Gasteiger partial charge on any atom is -0.370 e. The first-order valence-electron chi connectivity index (χ1n) is 10.3. The standard InChI is InChI=1S/C18H27N3.C4H10/c1-19-9-7-16(8-10-19)11-20-12-18(13-20)14-21(15-18)17-5-3-2-4-6-17;1-3-4-2/h2-6,16H,7-15H2,1H3;3-4H2,1-2H3. The number of nitrogens with zero attached hydrogens (tertiary/aromatic N) is 3. The molecule has 3 aliphatic rings. The van der Waals surface area contributed by atoms with Crippen LogP contribution in [0, 0.1) is 11.3 Å². The number of hydrogen-bond acceptors (Lipinski definition) is 3. The lowest BCUT2D eigenvalue weighted by Crippen LogP contribution is -2.72. The molecular formula is C22H37N3. The summed E-state index contributed by atoms with van der Waals surface area (Å²) in [5.74, 6) is 0.948. The Balaban J connectivity index is 0.000000415. The molecule has 0 aromatic heterocycles. The third-order valence-corrected chi connectivity index (χ3v) is 6.15. The van der Waals surface area contributed by atoms with Gasteiger partial charge in [0, 0.05) is 43.8 Å². The van der Waals surface area contributed by atoms with Crippen molar-refractivity contribution in [2.24, 2.45) is 11.3 Å². The van der Waals surface area contributed by atoms with Gasteiger partial charge in [-0.1, -0.05) is 44.9 Å². The summed E-state index contributed by atoms with van der Waals surface area (Å²) in [5.41, 5.74) is 2.03. The van der Waals surface area contributed by atoms with E-state index in [9.17, 15) is 0 Å². The summed E-state index contributed by atoms with van der Waals surface area (Å²) in [6, 6.07) is 10.9. The maximum absolute atomic E-state index is 2.71. The summed E-state index contributed by atoms with van der Waals surface area (Å²) in [6.07, 6.45) is 5.44. The van der Waals surface area contributed by atoms with E-state index in [0.717, 1.165) is 5.92 Å². The van der Waals surface area contributed by atoms with Crippen molar-refractivity contribution in [2.75, 3.05) is 57.8 Å². The molecule has 1 spiro atoms. The SMILES string of the molecule is CCCC.CN1CCC(CN2CC3(C2)CN(c2ccccc2)C3)CC1. The summed E-state index contributed by atoms with van der Waals surface area (Å²) >= 11 is 0. The van der Waals surface area contributed by atoms with Gasteiger partial charge < -0.3 is 14.7 Å². The predicted octanol–water partition coefficient (Wildman–Crippen LogP) is 3.96. The van der Waals surface area contributed by atoms with Gasteiger partial charge >= 0.3 is 0 Å². The Hall–Kier alpha value is -1.06. The number of unbranched alkanes of at least 4 members (excludes halogenated alkanes) is 1. The maximum atomic E-state index is 2.71. The van der Waals surface area contributed by atoms with Crippen molar-refractivity contribution in [2.45, 2.75) is 39.5 Å². The van der Waals surface area contributed by atoms with Crippen LogP contribution in [0.15, 0.2) is 30.3 Å². The molecule has 0 amide bonds. The topological polar surface area (TPSA) is 9.72 Å². The van der Waals surface area contributed by atoms with E-state index in [0.29, 0.717) is 5.41 Å². The molecule has 0 unspecified atom stereocenters. The molecule has 3 nitrogen and oxygen atoms in total. The van der Waals surface area contributed by atoms with Gasteiger partial charge in [0.1, 0.15) is 0 Å². The van der Waals surface area contributed by atoms with E-state index in [4.69, 9.17) is 0 Å². The van der Waals surface area contributed by atoms with Crippen molar-refractivity contribution < 1.29 is 0 Å². The summed E-state index contributed by atoms with van der Waals surface area (Å²) in [5, 5.41) is 0. The first kappa shape index (κ1) is 18.7. The number of rotatable bonds is 4. The first-order chi connectivity index (χ1) is 12.1. The van der Waals surface area contributed by atoms with Gasteiger partial charge in [-0.2, -0.15) is 0 Å².